The third-order valence-electron chi connectivity index (χ3n) is 3.56. The van der Waals surface area contributed by atoms with E-state index in [4.69, 9.17) is 0 Å². The lowest BCUT2D eigenvalue weighted by molar-refractivity contribution is 0.764. The molecule has 1 saturated carbocycles. The van der Waals surface area contributed by atoms with E-state index in [9.17, 15) is 0 Å². The van der Waals surface area contributed by atoms with Crippen molar-refractivity contribution in [1.29, 1.82) is 0 Å². The summed E-state index contributed by atoms with van der Waals surface area (Å²) in [6, 6.07) is 0. The van der Waals surface area contributed by atoms with E-state index in [-0.39, 0.29) is 0 Å². The molecule has 0 amide bonds. The lowest BCUT2D eigenvalue weighted by atomic mass is 10.1. The van der Waals surface area contributed by atoms with Crippen LogP contribution in [-0.4, -0.2) is 30.1 Å². The quantitative estimate of drug-likeness (QED) is 0.781. The van der Waals surface area contributed by atoms with Crippen molar-refractivity contribution in [3.8, 4) is 0 Å². The lowest BCUT2D eigenvalue weighted by Gasteiger charge is -2.22. The van der Waals surface area contributed by atoms with E-state index >= 15 is 0 Å². The van der Waals surface area contributed by atoms with Gasteiger partial charge in [0.15, 0.2) is 0 Å². The van der Waals surface area contributed by atoms with Gasteiger partial charge >= 0.3 is 0 Å². The molecule has 1 heterocycles. The zero-order valence-electron chi connectivity index (χ0n) is 12.4. The van der Waals surface area contributed by atoms with Crippen LogP contribution in [0, 0.1) is 5.92 Å². The topological polar surface area (TPSA) is 41.1 Å². The molecule has 0 aliphatic heterocycles. The van der Waals surface area contributed by atoms with Crippen LogP contribution in [0.15, 0.2) is 6.33 Å². The highest BCUT2D eigenvalue weighted by Gasteiger charge is 2.24. The summed E-state index contributed by atoms with van der Waals surface area (Å²) in [6.45, 7) is 6.48. The van der Waals surface area contributed by atoms with Crippen LogP contribution in [-0.2, 0) is 6.42 Å². The molecular weight excluding hydrogens is 236 g/mol. The normalized spacial score (nSPS) is 14.5. The maximum Gasteiger partial charge on any atom is 0.137 e. The zero-order valence-corrected chi connectivity index (χ0v) is 12.4. The van der Waals surface area contributed by atoms with Crippen LogP contribution in [0.25, 0.3) is 0 Å². The van der Waals surface area contributed by atoms with Gasteiger partial charge in [-0.3, -0.25) is 0 Å². The van der Waals surface area contributed by atoms with Gasteiger partial charge in [0.25, 0.3) is 0 Å². The second-order valence-corrected chi connectivity index (χ2v) is 5.53. The predicted octanol–water partition coefficient (Wildman–Crippen LogP) is 3.10. The van der Waals surface area contributed by atoms with Gasteiger partial charge in [-0.1, -0.05) is 20.3 Å². The first-order chi connectivity index (χ1) is 9.26. The van der Waals surface area contributed by atoms with Crippen LogP contribution in [0.2, 0.25) is 0 Å². The van der Waals surface area contributed by atoms with Crippen molar-refractivity contribution in [3.63, 3.8) is 0 Å². The Hall–Kier alpha value is -1.32. The standard InChI is InChI=1S/C15H26N4/c1-4-6-13-14(16-9-5-2)17-11-18-15(13)19(3)10-12-7-8-12/h11-12H,4-10H2,1-3H3,(H,16,17,18). The minimum atomic E-state index is 0.876. The van der Waals surface area contributed by atoms with Gasteiger partial charge in [-0.05, 0) is 31.6 Å². The fourth-order valence-corrected chi connectivity index (χ4v) is 2.38. The molecule has 1 aliphatic carbocycles. The van der Waals surface area contributed by atoms with Crippen molar-refractivity contribution >= 4 is 11.6 Å². The Morgan fingerprint density at radius 3 is 2.68 bits per heavy atom. The van der Waals surface area contributed by atoms with E-state index in [0.717, 1.165) is 49.9 Å². The third kappa shape index (κ3) is 3.82. The van der Waals surface area contributed by atoms with Crippen molar-refractivity contribution in [1.82, 2.24) is 9.97 Å². The number of rotatable bonds is 8. The zero-order chi connectivity index (χ0) is 13.7. The highest BCUT2D eigenvalue weighted by atomic mass is 15.2. The summed E-state index contributed by atoms with van der Waals surface area (Å²) in [4.78, 5) is 11.3. The molecule has 19 heavy (non-hydrogen) atoms. The second kappa shape index (κ2) is 6.73. The van der Waals surface area contributed by atoms with Gasteiger partial charge in [-0.15, -0.1) is 0 Å². The summed E-state index contributed by atoms with van der Waals surface area (Å²) in [5, 5.41) is 3.43. The first-order valence-corrected chi connectivity index (χ1v) is 7.55. The molecule has 0 saturated heterocycles. The van der Waals surface area contributed by atoms with Gasteiger partial charge in [0, 0.05) is 25.7 Å². The molecule has 1 aromatic heterocycles. The first-order valence-electron chi connectivity index (χ1n) is 7.55. The number of nitrogens with zero attached hydrogens (tertiary/aromatic N) is 3. The van der Waals surface area contributed by atoms with Gasteiger partial charge in [0.1, 0.15) is 18.0 Å². The predicted molar refractivity (Wildman–Crippen MR) is 80.8 cm³/mol. The molecule has 106 valence electrons. The van der Waals surface area contributed by atoms with E-state index in [1.807, 2.05) is 0 Å². The molecule has 1 N–H and O–H groups in total. The van der Waals surface area contributed by atoms with Gasteiger partial charge in [0.05, 0.1) is 0 Å². The summed E-state index contributed by atoms with van der Waals surface area (Å²) in [5.74, 6) is 3.01. The number of nitrogens with one attached hydrogen (secondary N) is 1. The molecule has 1 fully saturated rings. The molecule has 1 aromatic rings. The SMILES string of the molecule is CCCNc1ncnc(N(C)CC2CC2)c1CCC. The van der Waals surface area contributed by atoms with Crippen molar-refractivity contribution in [2.75, 3.05) is 30.4 Å². The molecule has 0 unspecified atom stereocenters. The molecule has 0 aromatic carbocycles. The summed E-state index contributed by atoms with van der Waals surface area (Å²) in [5.41, 5.74) is 1.28. The highest BCUT2D eigenvalue weighted by molar-refractivity contribution is 5.58. The Morgan fingerprint density at radius 2 is 2.05 bits per heavy atom. The Morgan fingerprint density at radius 1 is 1.26 bits per heavy atom. The Labute approximate surface area is 116 Å². The van der Waals surface area contributed by atoms with Crippen LogP contribution in [0.1, 0.15) is 45.1 Å². The number of aromatic nitrogens is 2. The van der Waals surface area contributed by atoms with E-state index < -0.39 is 0 Å². The Kier molecular flexibility index (Phi) is 5.00. The van der Waals surface area contributed by atoms with E-state index in [0.29, 0.717) is 0 Å². The van der Waals surface area contributed by atoms with Crippen LogP contribution >= 0.6 is 0 Å². The molecule has 2 rings (SSSR count). The largest absolute Gasteiger partial charge is 0.370 e. The second-order valence-electron chi connectivity index (χ2n) is 5.53. The van der Waals surface area contributed by atoms with Crippen LogP contribution < -0.4 is 10.2 Å². The highest BCUT2D eigenvalue weighted by Crippen LogP contribution is 2.32. The molecule has 0 radical (unpaired) electrons. The molecule has 0 bridgehead atoms. The minimum Gasteiger partial charge on any atom is -0.370 e. The van der Waals surface area contributed by atoms with Crippen molar-refractivity contribution in [3.05, 3.63) is 11.9 Å². The van der Waals surface area contributed by atoms with E-state index in [2.05, 4.69) is 41.1 Å². The summed E-state index contributed by atoms with van der Waals surface area (Å²) in [7, 11) is 2.16. The van der Waals surface area contributed by atoms with Crippen LogP contribution in [0.5, 0.6) is 0 Å². The maximum atomic E-state index is 4.52. The maximum absolute atomic E-state index is 4.52. The monoisotopic (exact) mass is 262 g/mol. The summed E-state index contributed by atoms with van der Waals surface area (Å²) >= 11 is 0. The van der Waals surface area contributed by atoms with E-state index in [1.54, 1.807) is 6.33 Å². The fraction of sp³-hybridized carbons (Fsp3) is 0.733. The molecule has 4 nitrogen and oxygen atoms in total. The Balaban J connectivity index is 2.18. The molecule has 0 spiro atoms. The van der Waals surface area contributed by atoms with Gasteiger partial charge in [-0.2, -0.15) is 0 Å². The average Bonchev–Trinajstić information content (AvgIpc) is 3.21. The summed E-state index contributed by atoms with van der Waals surface area (Å²) < 4.78 is 0. The number of hydrogen-bond donors (Lipinski definition) is 1. The Bertz CT molecular complexity index is 401. The first kappa shape index (κ1) is 14.1. The molecular formula is C15H26N4. The van der Waals surface area contributed by atoms with Crippen molar-refractivity contribution < 1.29 is 0 Å². The smallest absolute Gasteiger partial charge is 0.137 e. The minimum absolute atomic E-state index is 0.876. The van der Waals surface area contributed by atoms with E-state index in [1.165, 1.54) is 18.4 Å². The van der Waals surface area contributed by atoms with Crippen LogP contribution in [0.4, 0.5) is 11.6 Å². The van der Waals surface area contributed by atoms with Gasteiger partial charge in [-0.25, -0.2) is 9.97 Å². The average molecular weight is 262 g/mol. The fourth-order valence-electron chi connectivity index (χ4n) is 2.38. The molecule has 0 atom stereocenters. The molecule has 4 heteroatoms. The lowest BCUT2D eigenvalue weighted by Crippen LogP contribution is -2.23. The van der Waals surface area contributed by atoms with Crippen LogP contribution in [0.3, 0.4) is 0 Å². The summed E-state index contributed by atoms with van der Waals surface area (Å²) in [6.07, 6.45) is 7.72. The van der Waals surface area contributed by atoms with Gasteiger partial charge in [0.2, 0.25) is 0 Å². The van der Waals surface area contributed by atoms with Crippen molar-refractivity contribution in [2.45, 2.75) is 46.0 Å². The molecule has 1 aliphatic rings. The van der Waals surface area contributed by atoms with Gasteiger partial charge < -0.3 is 10.2 Å². The van der Waals surface area contributed by atoms with Crippen molar-refractivity contribution in [2.24, 2.45) is 5.92 Å². The third-order valence-corrected chi connectivity index (χ3v) is 3.56. The number of hydrogen-bond acceptors (Lipinski definition) is 4. The number of anilines is 2.